The molecule has 1 aliphatic heterocycles. The summed E-state index contributed by atoms with van der Waals surface area (Å²) in [5, 5.41) is 4.20. The van der Waals surface area contributed by atoms with Gasteiger partial charge >= 0.3 is 0 Å². The third-order valence-electron chi connectivity index (χ3n) is 4.71. The summed E-state index contributed by atoms with van der Waals surface area (Å²) in [5.74, 6) is 1.81. The largest absolute Gasteiger partial charge is 0.381 e. The Morgan fingerprint density at radius 1 is 1.27 bits per heavy atom. The SMILES string of the molecule is CCNC(=NCCCc1ccc(Cl)cc1)N(C)CCC1CCOCC1.I. The third kappa shape index (κ3) is 8.91. The first-order chi connectivity index (χ1) is 12.2. The summed E-state index contributed by atoms with van der Waals surface area (Å²) >= 11 is 5.93. The Balaban J connectivity index is 0.00000338. The van der Waals surface area contributed by atoms with E-state index in [0.717, 1.165) is 62.6 Å². The van der Waals surface area contributed by atoms with Crippen LogP contribution in [0.2, 0.25) is 5.02 Å². The van der Waals surface area contributed by atoms with Gasteiger partial charge in [-0.1, -0.05) is 23.7 Å². The van der Waals surface area contributed by atoms with Crippen molar-refractivity contribution in [3.8, 4) is 0 Å². The summed E-state index contributed by atoms with van der Waals surface area (Å²) in [6.07, 6.45) is 5.69. The van der Waals surface area contributed by atoms with E-state index in [2.05, 4.69) is 36.3 Å². The van der Waals surface area contributed by atoms with Crippen molar-refractivity contribution in [1.29, 1.82) is 0 Å². The Morgan fingerprint density at radius 2 is 1.96 bits per heavy atom. The van der Waals surface area contributed by atoms with E-state index < -0.39 is 0 Å². The lowest BCUT2D eigenvalue weighted by Crippen LogP contribution is -2.40. The first kappa shape index (κ1) is 23.5. The van der Waals surface area contributed by atoms with Crippen molar-refractivity contribution < 1.29 is 4.74 Å². The van der Waals surface area contributed by atoms with Crippen LogP contribution in [0.3, 0.4) is 0 Å². The van der Waals surface area contributed by atoms with Gasteiger partial charge in [-0.25, -0.2) is 0 Å². The monoisotopic (exact) mass is 493 g/mol. The molecule has 1 saturated heterocycles. The van der Waals surface area contributed by atoms with Gasteiger partial charge < -0.3 is 15.0 Å². The van der Waals surface area contributed by atoms with Crippen molar-refractivity contribution in [2.75, 3.05) is 39.9 Å². The number of hydrogen-bond acceptors (Lipinski definition) is 2. The number of halogens is 2. The lowest BCUT2D eigenvalue weighted by atomic mass is 9.96. The Kier molecular flexibility index (Phi) is 12.3. The molecular weight excluding hydrogens is 461 g/mol. The first-order valence-electron chi connectivity index (χ1n) is 9.50. The van der Waals surface area contributed by atoms with Crippen molar-refractivity contribution in [3.05, 3.63) is 34.9 Å². The van der Waals surface area contributed by atoms with Crippen LogP contribution in [0.25, 0.3) is 0 Å². The molecule has 1 aliphatic rings. The molecule has 0 unspecified atom stereocenters. The normalized spacial score (nSPS) is 15.4. The van der Waals surface area contributed by atoms with Crippen molar-refractivity contribution >= 4 is 41.5 Å². The molecule has 0 bridgehead atoms. The predicted molar refractivity (Wildman–Crippen MR) is 122 cm³/mol. The second kappa shape index (κ2) is 13.6. The summed E-state index contributed by atoms with van der Waals surface area (Å²) < 4.78 is 5.44. The molecule has 2 rings (SSSR count). The van der Waals surface area contributed by atoms with Gasteiger partial charge in [-0.05, 0) is 62.6 Å². The average Bonchev–Trinajstić information content (AvgIpc) is 2.64. The lowest BCUT2D eigenvalue weighted by molar-refractivity contribution is 0.0625. The molecule has 0 saturated carbocycles. The quantitative estimate of drug-likeness (QED) is 0.249. The Bertz CT molecular complexity index is 518. The molecule has 0 spiro atoms. The molecule has 0 radical (unpaired) electrons. The van der Waals surface area contributed by atoms with Gasteiger partial charge in [-0.15, -0.1) is 24.0 Å². The van der Waals surface area contributed by atoms with Crippen LogP contribution in [-0.4, -0.2) is 50.8 Å². The molecule has 1 N–H and O–H groups in total. The van der Waals surface area contributed by atoms with Gasteiger partial charge in [0.05, 0.1) is 0 Å². The minimum Gasteiger partial charge on any atom is -0.381 e. The standard InChI is InChI=1S/C20H32ClN3O.HI/c1-3-22-20(24(2)14-10-18-11-15-25-16-12-18)23-13-4-5-17-6-8-19(21)9-7-17;/h6-9,18H,3-5,10-16H2,1-2H3,(H,22,23);1H. The molecule has 1 heterocycles. The maximum atomic E-state index is 5.93. The van der Waals surface area contributed by atoms with E-state index >= 15 is 0 Å². The minimum absolute atomic E-state index is 0. The van der Waals surface area contributed by atoms with Crippen molar-refractivity contribution in [2.45, 2.75) is 39.0 Å². The number of hydrogen-bond donors (Lipinski definition) is 1. The fraction of sp³-hybridized carbons (Fsp3) is 0.650. The highest BCUT2D eigenvalue weighted by molar-refractivity contribution is 14.0. The molecule has 1 aromatic carbocycles. The molecule has 0 aromatic heterocycles. The van der Waals surface area contributed by atoms with E-state index in [1.807, 2.05) is 12.1 Å². The molecule has 4 nitrogen and oxygen atoms in total. The molecule has 148 valence electrons. The summed E-state index contributed by atoms with van der Waals surface area (Å²) in [6, 6.07) is 8.09. The zero-order chi connectivity index (χ0) is 17.9. The van der Waals surface area contributed by atoms with E-state index in [4.69, 9.17) is 21.3 Å². The number of rotatable bonds is 8. The predicted octanol–water partition coefficient (Wildman–Crippen LogP) is 4.60. The number of guanidine groups is 1. The number of ether oxygens (including phenoxy) is 1. The Morgan fingerprint density at radius 3 is 2.62 bits per heavy atom. The molecule has 0 aliphatic carbocycles. The van der Waals surface area contributed by atoms with Crippen LogP contribution in [0.4, 0.5) is 0 Å². The van der Waals surface area contributed by atoms with Crippen LogP contribution in [0.15, 0.2) is 29.3 Å². The van der Waals surface area contributed by atoms with Gasteiger partial charge in [0.1, 0.15) is 0 Å². The highest BCUT2D eigenvalue weighted by Crippen LogP contribution is 2.18. The third-order valence-corrected chi connectivity index (χ3v) is 4.96. The molecule has 0 atom stereocenters. The van der Waals surface area contributed by atoms with E-state index in [-0.39, 0.29) is 24.0 Å². The fourth-order valence-electron chi connectivity index (χ4n) is 3.11. The molecule has 6 heteroatoms. The van der Waals surface area contributed by atoms with E-state index in [9.17, 15) is 0 Å². The zero-order valence-corrected chi connectivity index (χ0v) is 19.1. The molecule has 1 aromatic rings. The van der Waals surface area contributed by atoms with Crippen molar-refractivity contribution in [1.82, 2.24) is 10.2 Å². The van der Waals surface area contributed by atoms with Crippen LogP contribution in [0, 0.1) is 5.92 Å². The fourth-order valence-corrected chi connectivity index (χ4v) is 3.23. The van der Waals surface area contributed by atoms with Crippen molar-refractivity contribution in [2.24, 2.45) is 10.9 Å². The number of aryl methyl sites for hydroxylation is 1. The van der Waals surface area contributed by atoms with E-state index in [1.165, 1.54) is 24.8 Å². The van der Waals surface area contributed by atoms with E-state index in [0.29, 0.717) is 0 Å². The Hall–Kier alpha value is -0.530. The maximum Gasteiger partial charge on any atom is 0.193 e. The van der Waals surface area contributed by atoms with Crippen molar-refractivity contribution in [3.63, 3.8) is 0 Å². The van der Waals surface area contributed by atoms with Gasteiger partial charge in [0.15, 0.2) is 5.96 Å². The molecule has 0 amide bonds. The number of aliphatic imine (C=N–C) groups is 1. The summed E-state index contributed by atoms with van der Waals surface area (Å²) in [5.41, 5.74) is 1.32. The van der Waals surface area contributed by atoms with Gasteiger partial charge in [0.25, 0.3) is 0 Å². The van der Waals surface area contributed by atoms with Crippen LogP contribution >= 0.6 is 35.6 Å². The Labute approximate surface area is 180 Å². The molecular formula is C20H33ClIN3O. The highest BCUT2D eigenvalue weighted by atomic mass is 127. The molecule has 26 heavy (non-hydrogen) atoms. The van der Waals surface area contributed by atoms with E-state index in [1.54, 1.807) is 0 Å². The summed E-state index contributed by atoms with van der Waals surface area (Å²) in [6.45, 7) is 6.76. The zero-order valence-electron chi connectivity index (χ0n) is 16.0. The second-order valence-electron chi connectivity index (χ2n) is 6.73. The lowest BCUT2D eigenvalue weighted by Gasteiger charge is -2.26. The van der Waals surface area contributed by atoms with Crippen LogP contribution in [0.1, 0.15) is 38.2 Å². The maximum absolute atomic E-state index is 5.93. The average molecular weight is 494 g/mol. The van der Waals surface area contributed by atoms with Crippen LogP contribution in [0.5, 0.6) is 0 Å². The van der Waals surface area contributed by atoms with Gasteiger partial charge in [-0.2, -0.15) is 0 Å². The van der Waals surface area contributed by atoms with Gasteiger partial charge in [0, 0.05) is 44.9 Å². The van der Waals surface area contributed by atoms with Crippen LogP contribution < -0.4 is 5.32 Å². The number of nitrogens with one attached hydrogen (secondary N) is 1. The number of nitrogens with zero attached hydrogens (tertiary/aromatic N) is 2. The minimum atomic E-state index is 0. The number of benzene rings is 1. The summed E-state index contributed by atoms with van der Waals surface area (Å²) in [7, 11) is 2.14. The van der Waals surface area contributed by atoms with Crippen LogP contribution in [-0.2, 0) is 11.2 Å². The highest BCUT2D eigenvalue weighted by Gasteiger charge is 2.15. The molecule has 1 fully saturated rings. The second-order valence-corrected chi connectivity index (χ2v) is 7.17. The first-order valence-corrected chi connectivity index (χ1v) is 9.88. The van der Waals surface area contributed by atoms with Gasteiger partial charge in [-0.3, -0.25) is 4.99 Å². The van der Waals surface area contributed by atoms with Gasteiger partial charge in [0.2, 0.25) is 0 Å². The summed E-state index contributed by atoms with van der Waals surface area (Å²) in [4.78, 5) is 7.06. The smallest absolute Gasteiger partial charge is 0.193 e. The topological polar surface area (TPSA) is 36.9 Å².